The molecule has 0 saturated carbocycles. The van der Waals surface area contributed by atoms with Crippen LogP contribution < -0.4 is 5.73 Å². The van der Waals surface area contributed by atoms with Gasteiger partial charge in [-0.2, -0.15) is 0 Å². The first-order valence-corrected chi connectivity index (χ1v) is 6.73. The second kappa shape index (κ2) is 7.98. The molecule has 0 saturated heterocycles. The zero-order valence-corrected chi connectivity index (χ0v) is 12.2. The molecule has 2 rings (SSSR count). The molecule has 2 aromatic carbocycles. The molecule has 19 heavy (non-hydrogen) atoms. The van der Waals surface area contributed by atoms with Gasteiger partial charge in [0.05, 0.1) is 0 Å². The van der Waals surface area contributed by atoms with E-state index in [1.165, 1.54) is 35.1 Å². The summed E-state index contributed by atoms with van der Waals surface area (Å²) in [6.45, 7) is 2.84. The largest absolute Gasteiger partial charge is 0.326 e. The Labute approximate surface area is 122 Å². The Kier molecular flexibility index (Phi) is 6.61. The van der Waals surface area contributed by atoms with E-state index in [0.717, 1.165) is 6.42 Å². The Morgan fingerprint density at radius 1 is 0.947 bits per heavy atom. The van der Waals surface area contributed by atoms with E-state index in [9.17, 15) is 0 Å². The van der Waals surface area contributed by atoms with E-state index in [1.54, 1.807) is 0 Å². The van der Waals surface area contributed by atoms with E-state index in [-0.39, 0.29) is 12.4 Å². The second-order valence-corrected chi connectivity index (χ2v) is 4.62. The molecule has 0 amide bonds. The number of aryl methyl sites for hydroxylation is 1. The molecule has 0 aromatic heterocycles. The molecular formula is C17H22ClN. The topological polar surface area (TPSA) is 26.0 Å². The van der Waals surface area contributed by atoms with Gasteiger partial charge in [0.1, 0.15) is 0 Å². The predicted octanol–water partition coefficient (Wildman–Crippen LogP) is 4.58. The Hall–Kier alpha value is -1.31. The molecule has 0 unspecified atom stereocenters. The average molecular weight is 276 g/mol. The lowest BCUT2D eigenvalue weighted by molar-refractivity contribution is 0.786. The van der Waals surface area contributed by atoms with Crippen molar-refractivity contribution in [1.29, 1.82) is 0 Å². The van der Waals surface area contributed by atoms with Crippen LogP contribution in [-0.2, 0) is 13.0 Å². The van der Waals surface area contributed by atoms with Gasteiger partial charge in [0.15, 0.2) is 0 Å². The first kappa shape index (κ1) is 15.7. The second-order valence-electron chi connectivity index (χ2n) is 4.62. The minimum absolute atomic E-state index is 0. The Morgan fingerprint density at radius 3 is 2.32 bits per heavy atom. The maximum Gasteiger partial charge on any atom is 0.0187 e. The van der Waals surface area contributed by atoms with E-state index in [4.69, 9.17) is 5.73 Å². The van der Waals surface area contributed by atoms with Gasteiger partial charge in [0.25, 0.3) is 0 Å². The number of benzene rings is 2. The molecule has 1 nitrogen and oxygen atoms in total. The summed E-state index contributed by atoms with van der Waals surface area (Å²) in [6, 6.07) is 17.0. The van der Waals surface area contributed by atoms with Crippen LogP contribution in [0, 0.1) is 0 Å². The monoisotopic (exact) mass is 275 g/mol. The predicted molar refractivity (Wildman–Crippen MR) is 85.6 cm³/mol. The average Bonchev–Trinajstić information content (AvgIpc) is 2.45. The fourth-order valence-corrected chi connectivity index (χ4v) is 2.37. The molecule has 0 spiro atoms. The van der Waals surface area contributed by atoms with Gasteiger partial charge in [0, 0.05) is 6.54 Å². The van der Waals surface area contributed by atoms with E-state index < -0.39 is 0 Å². The third-order valence-electron chi connectivity index (χ3n) is 3.36. The maximum atomic E-state index is 5.96. The van der Waals surface area contributed by atoms with Gasteiger partial charge < -0.3 is 5.73 Å². The highest BCUT2D eigenvalue weighted by Crippen LogP contribution is 2.26. The summed E-state index contributed by atoms with van der Waals surface area (Å²) < 4.78 is 0. The van der Waals surface area contributed by atoms with Crippen LogP contribution in [0.2, 0.25) is 0 Å². The lowest BCUT2D eigenvalue weighted by atomic mass is 9.93. The molecule has 0 aliphatic rings. The standard InChI is InChI=1S/C17H21N.ClH/c1-2-3-8-15-11-7-12-16(17(15)13-18)14-9-5-4-6-10-14;/h4-7,9-12H,2-3,8,13,18H2,1H3;1H. The molecule has 0 aliphatic heterocycles. The summed E-state index contributed by atoms with van der Waals surface area (Å²) in [5.74, 6) is 0. The minimum Gasteiger partial charge on any atom is -0.326 e. The summed E-state index contributed by atoms with van der Waals surface area (Å²) in [4.78, 5) is 0. The molecule has 0 bridgehead atoms. The number of rotatable bonds is 5. The van der Waals surface area contributed by atoms with Gasteiger partial charge in [-0.15, -0.1) is 12.4 Å². The number of hydrogen-bond acceptors (Lipinski definition) is 1. The van der Waals surface area contributed by atoms with Gasteiger partial charge in [-0.3, -0.25) is 0 Å². The van der Waals surface area contributed by atoms with E-state index in [2.05, 4.69) is 49.4 Å². The molecule has 0 fully saturated rings. The molecule has 2 heteroatoms. The van der Waals surface area contributed by atoms with Crippen LogP contribution in [0.25, 0.3) is 11.1 Å². The van der Waals surface area contributed by atoms with Crippen molar-refractivity contribution in [3.05, 3.63) is 59.7 Å². The maximum absolute atomic E-state index is 5.96. The van der Waals surface area contributed by atoms with Crippen LogP contribution in [-0.4, -0.2) is 0 Å². The Morgan fingerprint density at radius 2 is 1.68 bits per heavy atom. The molecular weight excluding hydrogens is 254 g/mol. The number of halogens is 1. The van der Waals surface area contributed by atoms with Crippen LogP contribution in [0.4, 0.5) is 0 Å². The molecule has 2 aromatic rings. The normalized spacial score (nSPS) is 10.0. The third kappa shape index (κ3) is 3.82. The van der Waals surface area contributed by atoms with Crippen molar-refractivity contribution < 1.29 is 0 Å². The highest BCUT2D eigenvalue weighted by atomic mass is 35.5. The van der Waals surface area contributed by atoms with Gasteiger partial charge in [-0.25, -0.2) is 0 Å². The van der Waals surface area contributed by atoms with Crippen molar-refractivity contribution >= 4 is 12.4 Å². The van der Waals surface area contributed by atoms with E-state index >= 15 is 0 Å². The molecule has 102 valence electrons. The van der Waals surface area contributed by atoms with Crippen LogP contribution in [0.15, 0.2) is 48.5 Å². The smallest absolute Gasteiger partial charge is 0.0187 e. The minimum atomic E-state index is 0. The van der Waals surface area contributed by atoms with Gasteiger partial charge in [-0.1, -0.05) is 61.9 Å². The van der Waals surface area contributed by atoms with Gasteiger partial charge in [-0.05, 0) is 35.1 Å². The first-order valence-electron chi connectivity index (χ1n) is 6.73. The van der Waals surface area contributed by atoms with Crippen LogP contribution in [0.3, 0.4) is 0 Å². The van der Waals surface area contributed by atoms with Crippen LogP contribution >= 0.6 is 12.4 Å². The van der Waals surface area contributed by atoms with Crippen LogP contribution in [0.1, 0.15) is 30.9 Å². The summed E-state index contributed by atoms with van der Waals surface area (Å²) in [7, 11) is 0. The summed E-state index contributed by atoms with van der Waals surface area (Å²) in [6.07, 6.45) is 3.58. The van der Waals surface area contributed by atoms with Crippen LogP contribution in [0.5, 0.6) is 0 Å². The SMILES string of the molecule is CCCCc1cccc(-c2ccccc2)c1CN.Cl. The van der Waals surface area contributed by atoms with Crippen molar-refractivity contribution in [2.75, 3.05) is 0 Å². The molecule has 0 radical (unpaired) electrons. The zero-order valence-electron chi connectivity index (χ0n) is 11.4. The Bertz CT molecular complexity index is 494. The third-order valence-corrected chi connectivity index (χ3v) is 3.36. The highest BCUT2D eigenvalue weighted by Gasteiger charge is 2.07. The summed E-state index contributed by atoms with van der Waals surface area (Å²) in [5, 5.41) is 0. The molecule has 2 N–H and O–H groups in total. The lowest BCUT2D eigenvalue weighted by Gasteiger charge is -2.13. The van der Waals surface area contributed by atoms with Crippen molar-refractivity contribution in [1.82, 2.24) is 0 Å². The summed E-state index contributed by atoms with van der Waals surface area (Å²) >= 11 is 0. The molecule has 0 heterocycles. The molecule has 0 atom stereocenters. The molecule has 0 aliphatic carbocycles. The lowest BCUT2D eigenvalue weighted by Crippen LogP contribution is -2.04. The highest BCUT2D eigenvalue weighted by molar-refractivity contribution is 5.85. The van der Waals surface area contributed by atoms with Crippen molar-refractivity contribution in [3.8, 4) is 11.1 Å². The van der Waals surface area contributed by atoms with E-state index in [0.29, 0.717) is 6.54 Å². The fourth-order valence-electron chi connectivity index (χ4n) is 2.37. The number of hydrogen-bond donors (Lipinski definition) is 1. The van der Waals surface area contributed by atoms with Gasteiger partial charge >= 0.3 is 0 Å². The summed E-state index contributed by atoms with van der Waals surface area (Å²) in [5.41, 5.74) is 11.2. The quantitative estimate of drug-likeness (QED) is 0.849. The first-order chi connectivity index (χ1) is 8.86. The van der Waals surface area contributed by atoms with Crippen molar-refractivity contribution in [2.24, 2.45) is 5.73 Å². The fraction of sp³-hybridized carbons (Fsp3) is 0.294. The number of nitrogens with two attached hydrogens (primary N) is 1. The van der Waals surface area contributed by atoms with E-state index in [1.807, 2.05) is 6.07 Å². The van der Waals surface area contributed by atoms with Crippen molar-refractivity contribution in [2.45, 2.75) is 32.7 Å². The van der Waals surface area contributed by atoms with Crippen molar-refractivity contribution in [3.63, 3.8) is 0 Å². The zero-order chi connectivity index (χ0) is 12.8. The Balaban J connectivity index is 0.00000180. The van der Waals surface area contributed by atoms with Gasteiger partial charge in [0.2, 0.25) is 0 Å². The number of unbranched alkanes of at least 4 members (excludes halogenated alkanes) is 1.